The van der Waals surface area contributed by atoms with E-state index in [4.69, 9.17) is 26.4 Å². The van der Waals surface area contributed by atoms with Crippen LogP contribution >= 0.6 is 12.2 Å². The molecule has 1 fully saturated rings. The summed E-state index contributed by atoms with van der Waals surface area (Å²) in [5, 5.41) is 5.59. The molecule has 3 rings (SSSR count). The molecule has 20 heavy (non-hydrogen) atoms. The van der Waals surface area contributed by atoms with Crippen molar-refractivity contribution in [3.05, 3.63) is 23.4 Å². The summed E-state index contributed by atoms with van der Waals surface area (Å²) in [6, 6.07) is 3.53. The van der Waals surface area contributed by atoms with Gasteiger partial charge in [-0.3, -0.25) is 10.1 Å². The molecule has 0 atom stereocenters. The molecule has 0 saturated carbocycles. The van der Waals surface area contributed by atoms with Crippen LogP contribution in [0, 0.1) is 0 Å². The van der Waals surface area contributed by atoms with Crippen LogP contribution in [0.3, 0.4) is 0 Å². The third kappa shape index (κ3) is 2.27. The van der Waals surface area contributed by atoms with Crippen molar-refractivity contribution in [3.63, 3.8) is 0 Å². The fourth-order valence-electron chi connectivity index (χ4n) is 1.97. The molecule has 2 N–H and O–H groups in total. The Morgan fingerprint density at radius 2 is 2.10 bits per heavy atom. The number of carbonyl (C=O) groups is 1. The molecule has 1 saturated heterocycles. The zero-order chi connectivity index (χ0) is 14.1. The first-order chi connectivity index (χ1) is 9.67. The maximum atomic E-state index is 11.7. The van der Waals surface area contributed by atoms with Crippen LogP contribution in [-0.4, -0.2) is 24.4 Å². The second kappa shape index (κ2) is 5.01. The predicted octanol–water partition coefficient (Wildman–Crippen LogP) is 1.16. The molecular weight excluding hydrogens is 280 g/mol. The molecule has 1 aromatic carbocycles. The first kappa shape index (κ1) is 12.7. The summed E-state index contributed by atoms with van der Waals surface area (Å²) in [5.74, 6) is 1.61. The molecule has 0 spiro atoms. The van der Waals surface area contributed by atoms with Gasteiger partial charge >= 0.3 is 0 Å². The lowest BCUT2D eigenvalue weighted by Gasteiger charge is -2.09. The fourth-order valence-corrected chi connectivity index (χ4v) is 2.17. The van der Waals surface area contributed by atoms with Crippen molar-refractivity contribution in [1.82, 2.24) is 10.6 Å². The Bertz CT molecular complexity index is 627. The maximum Gasteiger partial charge on any atom is 0.273 e. The van der Waals surface area contributed by atoms with Crippen LogP contribution in [0.2, 0.25) is 0 Å². The van der Waals surface area contributed by atoms with Crippen molar-refractivity contribution in [1.29, 1.82) is 0 Å². The summed E-state index contributed by atoms with van der Waals surface area (Å²) in [4.78, 5) is 11.7. The molecule has 2 aliphatic heterocycles. The van der Waals surface area contributed by atoms with Gasteiger partial charge in [0.05, 0.1) is 6.61 Å². The summed E-state index contributed by atoms with van der Waals surface area (Å²) < 4.78 is 16.2. The summed E-state index contributed by atoms with van der Waals surface area (Å²) in [5.41, 5.74) is 1.09. The summed E-state index contributed by atoms with van der Waals surface area (Å²) in [6.45, 7) is 2.58. The highest BCUT2D eigenvalue weighted by Crippen LogP contribution is 2.39. The van der Waals surface area contributed by atoms with Gasteiger partial charge < -0.3 is 19.5 Å². The number of carbonyl (C=O) groups excluding carboxylic acids is 1. The Hall–Kier alpha value is -2.28. The van der Waals surface area contributed by atoms with Crippen molar-refractivity contribution in [2.24, 2.45) is 0 Å². The number of fused-ring (bicyclic) bond motifs is 1. The number of nitrogens with one attached hydrogen (secondary N) is 2. The lowest BCUT2D eigenvalue weighted by atomic mass is 10.1. The summed E-state index contributed by atoms with van der Waals surface area (Å²) in [6.07, 6.45) is 1.67. The molecule has 1 amide bonds. The minimum atomic E-state index is -0.268. The van der Waals surface area contributed by atoms with Crippen LogP contribution in [0.25, 0.3) is 6.08 Å². The highest BCUT2D eigenvalue weighted by molar-refractivity contribution is 7.80. The minimum Gasteiger partial charge on any atom is -0.493 e. The van der Waals surface area contributed by atoms with Crippen LogP contribution in [0.15, 0.2) is 17.8 Å². The Kier molecular flexibility index (Phi) is 3.19. The summed E-state index contributed by atoms with van der Waals surface area (Å²) in [7, 11) is 0. The van der Waals surface area contributed by atoms with Crippen molar-refractivity contribution >= 4 is 29.3 Å². The second-order valence-electron chi connectivity index (χ2n) is 4.14. The minimum absolute atomic E-state index is 0.184. The van der Waals surface area contributed by atoms with E-state index in [9.17, 15) is 4.79 Å². The second-order valence-corrected chi connectivity index (χ2v) is 4.55. The van der Waals surface area contributed by atoms with Gasteiger partial charge in [-0.25, -0.2) is 0 Å². The van der Waals surface area contributed by atoms with Crippen LogP contribution in [-0.2, 0) is 4.79 Å². The summed E-state index contributed by atoms with van der Waals surface area (Å²) >= 11 is 4.89. The lowest BCUT2D eigenvalue weighted by Crippen LogP contribution is -2.21. The van der Waals surface area contributed by atoms with Gasteiger partial charge in [0.1, 0.15) is 11.4 Å². The highest BCUT2D eigenvalue weighted by Gasteiger charge is 2.22. The quantitative estimate of drug-likeness (QED) is 0.643. The smallest absolute Gasteiger partial charge is 0.273 e. The van der Waals surface area contributed by atoms with E-state index in [0.717, 1.165) is 5.56 Å². The van der Waals surface area contributed by atoms with E-state index in [1.54, 1.807) is 18.2 Å². The third-order valence-corrected chi connectivity index (χ3v) is 3.03. The van der Waals surface area contributed by atoms with E-state index in [1.807, 2.05) is 6.92 Å². The van der Waals surface area contributed by atoms with Crippen molar-refractivity contribution in [2.75, 3.05) is 13.4 Å². The Morgan fingerprint density at radius 1 is 1.35 bits per heavy atom. The van der Waals surface area contributed by atoms with Gasteiger partial charge in [0, 0.05) is 11.6 Å². The maximum absolute atomic E-state index is 11.7. The van der Waals surface area contributed by atoms with E-state index in [2.05, 4.69) is 10.6 Å². The molecule has 0 aliphatic carbocycles. The predicted molar refractivity (Wildman–Crippen MR) is 75.6 cm³/mol. The van der Waals surface area contributed by atoms with Crippen LogP contribution in [0.4, 0.5) is 0 Å². The molecule has 2 heterocycles. The molecule has 0 aromatic heterocycles. The van der Waals surface area contributed by atoms with Gasteiger partial charge in [-0.1, -0.05) is 0 Å². The molecule has 0 unspecified atom stereocenters. The number of benzene rings is 1. The van der Waals surface area contributed by atoms with Crippen molar-refractivity contribution < 1.29 is 19.0 Å². The van der Waals surface area contributed by atoms with E-state index < -0.39 is 0 Å². The molecular formula is C13H12N2O4S. The van der Waals surface area contributed by atoms with Crippen LogP contribution < -0.4 is 24.8 Å². The molecule has 1 aromatic rings. The van der Waals surface area contributed by atoms with Gasteiger partial charge in [0.2, 0.25) is 6.79 Å². The Labute approximate surface area is 120 Å². The van der Waals surface area contributed by atoms with E-state index in [0.29, 0.717) is 34.7 Å². The van der Waals surface area contributed by atoms with Gasteiger partial charge in [-0.05, 0) is 31.3 Å². The lowest BCUT2D eigenvalue weighted by molar-refractivity contribution is -0.115. The molecule has 0 bridgehead atoms. The monoisotopic (exact) mass is 292 g/mol. The van der Waals surface area contributed by atoms with E-state index in [1.165, 1.54) is 0 Å². The Balaban J connectivity index is 2.01. The topological polar surface area (TPSA) is 68.8 Å². The molecule has 7 heteroatoms. The van der Waals surface area contributed by atoms with E-state index >= 15 is 0 Å². The molecule has 104 valence electrons. The number of thiocarbonyl (C=S) groups is 1. The fraction of sp³-hybridized carbons (Fsp3) is 0.231. The van der Waals surface area contributed by atoms with Crippen LogP contribution in [0.1, 0.15) is 12.5 Å². The largest absolute Gasteiger partial charge is 0.493 e. The third-order valence-electron chi connectivity index (χ3n) is 2.82. The number of amides is 1. The first-order valence-corrected chi connectivity index (χ1v) is 6.48. The highest BCUT2D eigenvalue weighted by atomic mass is 32.1. The molecule has 2 aliphatic rings. The average Bonchev–Trinajstić information content (AvgIpc) is 2.97. The van der Waals surface area contributed by atoms with Gasteiger partial charge in [0.25, 0.3) is 5.91 Å². The number of ether oxygens (including phenoxy) is 3. The number of hydrogen-bond acceptors (Lipinski definition) is 5. The number of hydrogen-bond donors (Lipinski definition) is 2. The van der Waals surface area contributed by atoms with Crippen LogP contribution in [0.5, 0.6) is 17.2 Å². The van der Waals surface area contributed by atoms with Crippen molar-refractivity contribution in [3.8, 4) is 17.2 Å². The molecule has 6 nitrogen and oxygen atoms in total. The van der Waals surface area contributed by atoms with Gasteiger partial charge in [0.15, 0.2) is 16.6 Å². The van der Waals surface area contributed by atoms with E-state index in [-0.39, 0.29) is 12.7 Å². The first-order valence-electron chi connectivity index (χ1n) is 6.08. The SMILES string of the molecule is CCOc1cc2c(cc1/C=C1/NC(=S)NC1=O)OCO2. The van der Waals surface area contributed by atoms with Gasteiger partial charge in [-0.2, -0.15) is 0 Å². The zero-order valence-corrected chi connectivity index (χ0v) is 11.5. The Morgan fingerprint density at radius 3 is 2.75 bits per heavy atom. The molecule has 0 radical (unpaired) electrons. The standard InChI is InChI=1S/C13H12N2O4S/c1-2-17-9-5-11-10(18-6-19-11)4-7(9)3-8-12(16)15-13(20)14-8/h3-5H,2,6H2,1H3,(H2,14,15,16,20)/b8-3+. The average molecular weight is 292 g/mol. The zero-order valence-electron chi connectivity index (χ0n) is 10.7. The normalized spacial score (nSPS) is 18.1. The van der Waals surface area contributed by atoms with Gasteiger partial charge in [-0.15, -0.1) is 0 Å². The van der Waals surface area contributed by atoms with Crippen molar-refractivity contribution in [2.45, 2.75) is 6.92 Å². The number of rotatable bonds is 3.